The summed E-state index contributed by atoms with van der Waals surface area (Å²) in [4.78, 5) is 102. The van der Waals surface area contributed by atoms with Gasteiger partial charge in [-0.25, -0.2) is 9.59 Å². The van der Waals surface area contributed by atoms with Crippen molar-refractivity contribution in [2.45, 2.75) is 37.5 Å². The number of ether oxygens (including phenoxy) is 1. The normalized spacial score (nSPS) is 20.8. The fourth-order valence-corrected chi connectivity index (χ4v) is 6.28. The Balaban J connectivity index is 1.67. The van der Waals surface area contributed by atoms with Crippen LogP contribution >= 0.6 is 11.8 Å². The molecule has 4 rings (SSSR count). The van der Waals surface area contributed by atoms with Gasteiger partial charge in [-0.1, -0.05) is 6.07 Å². The number of benzene rings is 1. The van der Waals surface area contributed by atoms with Gasteiger partial charge in [-0.2, -0.15) is 0 Å². The molecule has 240 valence electrons. The maximum atomic E-state index is 13.7. The van der Waals surface area contributed by atoms with Crippen LogP contribution in [0.15, 0.2) is 29.5 Å². The number of imide groups is 1. The van der Waals surface area contributed by atoms with Gasteiger partial charge >= 0.3 is 29.8 Å². The number of β-lactam (4-membered cyclic amide) rings is 1. The largest absolute Gasteiger partial charge is 0.504 e. The Morgan fingerprint density at radius 3 is 2.40 bits per heavy atom. The number of hydrogen-bond donors (Lipinski definition) is 6. The molecule has 3 aliphatic heterocycles. The van der Waals surface area contributed by atoms with Crippen LogP contribution < -0.4 is 16.0 Å². The third-order valence-corrected chi connectivity index (χ3v) is 8.42. The van der Waals surface area contributed by atoms with Gasteiger partial charge in [0.25, 0.3) is 5.91 Å². The molecule has 0 bridgehead atoms. The number of phenolic OH excluding ortho intramolecular Hbond substituents is 2. The van der Waals surface area contributed by atoms with E-state index >= 15 is 0 Å². The number of rotatable bonds is 10. The molecular weight excluding hydrogens is 620 g/mol. The van der Waals surface area contributed by atoms with Crippen molar-refractivity contribution in [2.75, 3.05) is 25.4 Å². The number of aliphatic carboxylic acids is 1. The highest BCUT2D eigenvalue weighted by molar-refractivity contribution is 8.00. The number of carbonyl (C=O) groups is 8. The SMILES string of the molecule is CCN1CCN(C(=O)NC(C(=O)NC(OC(C)=O)C2=C(C(=O)O)N3C(=O)[C@H](NC=O)[C@H]3SC2)c2ccc(O)c(O)c2)C(=O)C1=O. The highest BCUT2D eigenvalue weighted by atomic mass is 32.2. The van der Waals surface area contributed by atoms with Crippen LogP contribution in [-0.4, -0.2) is 121 Å². The minimum absolute atomic E-state index is 0.0309. The number of fused-ring (bicyclic) bond motifs is 1. The Bertz CT molecular complexity index is 1510. The summed E-state index contributed by atoms with van der Waals surface area (Å²) in [6.45, 7) is 2.68. The molecule has 1 aromatic rings. The number of esters is 1. The standard InChI is InChI=1S/C26H28N6O12S/c1-3-30-6-7-31(23(40)22(30)39)26(43)28-16(12-4-5-14(35)15(36)8-12)19(37)29-20(44-11(2)34)13-9-45-24-17(27-10-33)21(38)32(24)18(13)25(41)42/h4-5,8,10,16-17,20,24,35-36H,3,6-7,9H2,1-2H3,(H,27,33)(H,28,43)(H,29,37)(H,41,42)/t16?,17-,20?,24+/m0/s1. The van der Waals surface area contributed by atoms with Crippen LogP contribution in [0.3, 0.4) is 0 Å². The van der Waals surface area contributed by atoms with E-state index in [4.69, 9.17) is 4.74 Å². The molecular formula is C26H28N6O12S. The molecule has 18 nitrogen and oxygen atoms in total. The zero-order valence-corrected chi connectivity index (χ0v) is 24.5. The maximum Gasteiger partial charge on any atom is 0.352 e. The monoisotopic (exact) mass is 648 g/mol. The number of likely N-dealkylation sites (N-methyl/N-ethyl adjacent to an activating group) is 1. The summed E-state index contributed by atoms with van der Waals surface area (Å²) in [6.07, 6.45) is -1.49. The number of hydrogen-bond acceptors (Lipinski definition) is 12. The average molecular weight is 649 g/mol. The number of carboxylic acid groups (broad SMARTS) is 1. The Morgan fingerprint density at radius 1 is 1.09 bits per heavy atom. The molecule has 2 saturated heterocycles. The predicted octanol–water partition coefficient (Wildman–Crippen LogP) is -2.09. The lowest BCUT2D eigenvalue weighted by molar-refractivity contribution is -0.153. The molecule has 4 atom stereocenters. The molecule has 7 amide bonds. The Hall–Kier alpha value is -5.33. The molecule has 3 heterocycles. The highest BCUT2D eigenvalue weighted by Crippen LogP contribution is 2.41. The van der Waals surface area contributed by atoms with E-state index in [1.165, 1.54) is 4.90 Å². The van der Waals surface area contributed by atoms with Crippen LogP contribution in [0.1, 0.15) is 25.5 Å². The van der Waals surface area contributed by atoms with Crippen LogP contribution in [0.4, 0.5) is 4.79 Å². The zero-order chi connectivity index (χ0) is 33.2. The second-order valence-electron chi connectivity index (χ2n) is 9.82. The molecule has 2 unspecified atom stereocenters. The first-order valence-corrected chi connectivity index (χ1v) is 14.4. The van der Waals surface area contributed by atoms with Crippen molar-refractivity contribution in [1.82, 2.24) is 30.7 Å². The number of urea groups is 1. The molecule has 1 aromatic carbocycles. The first-order valence-electron chi connectivity index (χ1n) is 13.3. The average Bonchev–Trinajstić information content (AvgIpc) is 2.99. The predicted molar refractivity (Wildman–Crippen MR) is 149 cm³/mol. The third kappa shape index (κ3) is 6.33. The number of phenols is 2. The Labute approximate surface area is 258 Å². The number of amides is 7. The second-order valence-corrected chi connectivity index (χ2v) is 10.9. The van der Waals surface area contributed by atoms with Gasteiger partial charge in [-0.15, -0.1) is 11.8 Å². The van der Waals surface area contributed by atoms with Gasteiger partial charge in [0.15, 0.2) is 11.5 Å². The molecule has 0 radical (unpaired) electrons. The van der Waals surface area contributed by atoms with E-state index in [-0.39, 0.29) is 36.5 Å². The third-order valence-electron chi connectivity index (χ3n) is 7.12. The smallest absolute Gasteiger partial charge is 0.352 e. The molecule has 0 aliphatic carbocycles. The topological polar surface area (TPSA) is 252 Å². The van der Waals surface area contributed by atoms with Gasteiger partial charge in [0.2, 0.25) is 18.5 Å². The van der Waals surface area contributed by atoms with Gasteiger partial charge in [0.1, 0.15) is 23.2 Å². The molecule has 0 aromatic heterocycles. The Kier molecular flexibility index (Phi) is 9.50. The molecule has 3 aliphatic rings. The number of aromatic hydroxyl groups is 2. The highest BCUT2D eigenvalue weighted by Gasteiger charge is 2.54. The summed E-state index contributed by atoms with van der Waals surface area (Å²) >= 11 is 1.03. The number of nitrogens with one attached hydrogen (secondary N) is 3. The first kappa shape index (κ1) is 32.6. The number of nitrogens with zero attached hydrogens (tertiary/aromatic N) is 3. The number of thioether (sulfide) groups is 1. The van der Waals surface area contributed by atoms with Gasteiger partial charge in [-0.3, -0.25) is 38.6 Å². The minimum Gasteiger partial charge on any atom is -0.504 e. The van der Waals surface area contributed by atoms with E-state index < -0.39 is 82.5 Å². The van der Waals surface area contributed by atoms with Crippen molar-refractivity contribution < 1.29 is 58.4 Å². The van der Waals surface area contributed by atoms with Crippen LogP contribution in [0, 0.1) is 0 Å². The molecule has 2 fully saturated rings. The van der Waals surface area contributed by atoms with E-state index in [1.54, 1.807) is 6.92 Å². The van der Waals surface area contributed by atoms with E-state index in [1.807, 2.05) is 0 Å². The van der Waals surface area contributed by atoms with E-state index in [9.17, 15) is 53.7 Å². The molecule has 0 saturated carbocycles. The van der Waals surface area contributed by atoms with Crippen molar-refractivity contribution in [1.29, 1.82) is 0 Å². The van der Waals surface area contributed by atoms with E-state index in [0.717, 1.165) is 41.8 Å². The maximum absolute atomic E-state index is 13.7. The number of carbonyl (C=O) groups excluding carboxylic acids is 7. The van der Waals surface area contributed by atoms with Crippen LogP contribution in [0.5, 0.6) is 11.5 Å². The lowest BCUT2D eigenvalue weighted by Crippen LogP contribution is -2.70. The summed E-state index contributed by atoms with van der Waals surface area (Å²) in [5.74, 6) is -7.96. The summed E-state index contributed by atoms with van der Waals surface area (Å²) in [6, 6.07) is -0.825. The lowest BCUT2D eigenvalue weighted by atomic mass is 10.0. The van der Waals surface area contributed by atoms with Crippen LogP contribution in [0.2, 0.25) is 0 Å². The van der Waals surface area contributed by atoms with Gasteiger partial charge in [-0.05, 0) is 24.6 Å². The van der Waals surface area contributed by atoms with E-state index in [0.29, 0.717) is 11.3 Å². The molecule has 6 N–H and O–H groups in total. The lowest BCUT2D eigenvalue weighted by Gasteiger charge is -2.49. The fourth-order valence-electron chi connectivity index (χ4n) is 4.90. The second kappa shape index (κ2) is 13.1. The Morgan fingerprint density at radius 2 is 1.80 bits per heavy atom. The van der Waals surface area contributed by atoms with Gasteiger partial charge < -0.3 is 40.9 Å². The van der Waals surface area contributed by atoms with Gasteiger partial charge in [0, 0.05) is 37.9 Å². The van der Waals surface area contributed by atoms with Crippen LogP contribution in [-0.2, 0) is 38.3 Å². The zero-order valence-electron chi connectivity index (χ0n) is 23.7. The summed E-state index contributed by atoms with van der Waals surface area (Å²) in [5.41, 5.74) is -0.935. The van der Waals surface area contributed by atoms with Crippen molar-refractivity contribution in [2.24, 2.45) is 0 Å². The van der Waals surface area contributed by atoms with Crippen LogP contribution in [0.25, 0.3) is 0 Å². The number of piperazine rings is 1. The van der Waals surface area contributed by atoms with Crippen molar-refractivity contribution in [3.8, 4) is 11.5 Å². The van der Waals surface area contributed by atoms with E-state index in [2.05, 4.69) is 16.0 Å². The van der Waals surface area contributed by atoms with Gasteiger partial charge in [0.05, 0.1) is 0 Å². The fraction of sp³-hybridized carbons (Fsp3) is 0.385. The quantitative estimate of drug-likeness (QED) is 0.0398. The minimum atomic E-state index is -1.79. The van der Waals surface area contributed by atoms with Crippen molar-refractivity contribution >= 4 is 59.8 Å². The molecule has 0 spiro atoms. The first-order chi connectivity index (χ1) is 21.3. The number of carboxylic acids is 1. The molecule has 19 heteroatoms. The summed E-state index contributed by atoms with van der Waals surface area (Å²) < 4.78 is 5.23. The molecule has 45 heavy (non-hydrogen) atoms. The summed E-state index contributed by atoms with van der Waals surface area (Å²) in [7, 11) is 0. The van der Waals surface area contributed by atoms with Crippen molar-refractivity contribution in [3.05, 3.63) is 35.0 Å². The van der Waals surface area contributed by atoms with Crippen molar-refractivity contribution in [3.63, 3.8) is 0 Å². The summed E-state index contributed by atoms with van der Waals surface area (Å²) in [5, 5.41) is 36.0.